The van der Waals surface area contributed by atoms with Crippen LogP contribution in [0.5, 0.6) is 0 Å². The molecular formula is C20H23N3. The molecule has 1 aliphatic rings. The number of hydrogen-bond donors (Lipinski definition) is 1. The number of nitrogens with zero attached hydrogens (tertiary/aromatic N) is 2. The third-order valence-electron chi connectivity index (χ3n) is 4.69. The first-order valence-corrected chi connectivity index (χ1v) is 8.34. The Morgan fingerprint density at radius 1 is 1.04 bits per heavy atom. The van der Waals surface area contributed by atoms with Gasteiger partial charge >= 0.3 is 0 Å². The summed E-state index contributed by atoms with van der Waals surface area (Å²) in [6.07, 6.45) is 1.15. The van der Waals surface area contributed by atoms with Gasteiger partial charge in [-0.15, -0.1) is 0 Å². The van der Waals surface area contributed by atoms with Crippen LogP contribution in [-0.4, -0.2) is 30.1 Å². The van der Waals surface area contributed by atoms with Gasteiger partial charge in [0, 0.05) is 24.0 Å². The van der Waals surface area contributed by atoms with Crippen LogP contribution in [0, 0.1) is 0 Å². The van der Waals surface area contributed by atoms with E-state index in [1.54, 1.807) is 0 Å². The number of nitrogens with one attached hydrogen (secondary N) is 1. The minimum atomic E-state index is 0.912. The monoisotopic (exact) mass is 305 g/mol. The summed E-state index contributed by atoms with van der Waals surface area (Å²) in [5.41, 5.74) is 6.75. The zero-order valence-electron chi connectivity index (χ0n) is 13.8. The average Bonchev–Trinajstić information content (AvgIpc) is 2.89. The van der Waals surface area contributed by atoms with E-state index in [2.05, 4.69) is 77.4 Å². The van der Waals surface area contributed by atoms with Gasteiger partial charge < -0.3 is 14.8 Å². The molecule has 3 nitrogen and oxygen atoms in total. The van der Waals surface area contributed by atoms with Crippen LogP contribution < -0.4 is 5.32 Å². The van der Waals surface area contributed by atoms with E-state index in [1.165, 1.54) is 33.4 Å². The van der Waals surface area contributed by atoms with Crippen LogP contribution >= 0.6 is 0 Å². The van der Waals surface area contributed by atoms with Crippen LogP contribution in [-0.2, 0) is 13.1 Å². The molecule has 0 unspecified atom stereocenters. The summed E-state index contributed by atoms with van der Waals surface area (Å²) in [7, 11) is 4.28. The molecule has 0 saturated carbocycles. The highest BCUT2D eigenvalue weighted by atomic mass is 15.1. The van der Waals surface area contributed by atoms with Crippen molar-refractivity contribution >= 4 is 16.6 Å². The Kier molecular flexibility index (Phi) is 3.58. The number of aromatic nitrogens is 1. The molecule has 1 aromatic heterocycles. The highest BCUT2D eigenvalue weighted by molar-refractivity contribution is 6.03. The van der Waals surface area contributed by atoms with Crippen molar-refractivity contribution in [2.75, 3.05) is 26.0 Å². The minimum Gasteiger partial charge on any atom is -0.379 e. The van der Waals surface area contributed by atoms with Crippen molar-refractivity contribution in [2.24, 2.45) is 0 Å². The van der Waals surface area contributed by atoms with Crippen LogP contribution in [0.1, 0.15) is 12.0 Å². The van der Waals surface area contributed by atoms with E-state index >= 15 is 0 Å². The molecule has 0 saturated heterocycles. The van der Waals surface area contributed by atoms with Crippen molar-refractivity contribution in [3.05, 3.63) is 54.1 Å². The molecule has 2 heterocycles. The number of aryl methyl sites for hydroxylation is 1. The van der Waals surface area contributed by atoms with Gasteiger partial charge in [0.05, 0.1) is 16.9 Å². The lowest BCUT2D eigenvalue weighted by Crippen LogP contribution is -2.16. The predicted octanol–water partition coefficient (Wildman–Crippen LogP) is 4.19. The SMILES string of the molecule is CN(C)CCCn1c2c(c3ccccc31)NCc1ccccc1-2. The highest BCUT2D eigenvalue weighted by Crippen LogP contribution is 2.42. The van der Waals surface area contributed by atoms with Gasteiger partial charge in [0.2, 0.25) is 0 Å². The fourth-order valence-corrected chi connectivity index (χ4v) is 3.63. The standard InChI is InChI=1S/C20H23N3/c1-22(2)12-7-13-23-18-11-6-5-10-17(18)19-20(23)16-9-4-3-8-15(16)14-21-19/h3-6,8-11,21H,7,12-14H2,1-2H3. The van der Waals surface area contributed by atoms with E-state index in [0.717, 1.165) is 26.1 Å². The third kappa shape index (κ3) is 2.41. The Morgan fingerprint density at radius 3 is 2.70 bits per heavy atom. The van der Waals surface area contributed by atoms with Crippen molar-refractivity contribution in [3.8, 4) is 11.3 Å². The number of rotatable bonds is 4. The van der Waals surface area contributed by atoms with E-state index in [4.69, 9.17) is 0 Å². The molecule has 0 fully saturated rings. The summed E-state index contributed by atoms with van der Waals surface area (Å²) in [6.45, 7) is 3.06. The first kappa shape index (κ1) is 14.3. The molecule has 3 aromatic rings. The normalized spacial score (nSPS) is 13.0. The largest absolute Gasteiger partial charge is 0.379 e. The van der Waals surface area contributed by atoms with Gasteiger partial charge in [-0.05, 0) is 38.7 Å². The molecule has 0 aliphatic carbocycles. The van der Waals surface area contributed by atoms with Crippen molar-refractivity contribution in [2.45, 2.75) is 19.5 Å². The first-order chi connectivity index (χ1) is 11.3. The molecule has 0 radical (unpaired) electrons. The van der Waals surface area contributed by atoms with Gasteiger partial charge in [0.15, 0.2) is 0 Å². The zero-order chi connectivity index (χ0) is 15.8. The number of fused-ring (bicyclic) bond motifs is 5. The summed E-state index contributed by atoms with van der Waals surface area (Å²) >= 11 is 0. The summed E-state index contributed by atoms with van der Waals surface area (Å²) in [5.74, 6) is 0. The maximum Gasteiger partial charge on any atom is 0.0730 e. The molecule has 2 aromatic carbocycles. The lowest BCUT2D eigenvalue weighted by atomic mass is 9.99. The molecule has 1 N–H and O–H groups in total. The van der Waals surface area contributed by atoms with Crippen LogP contribution in [0.25, 0.3) is 22.2 Å². The molecule has 3 heteroatoms. The number of hydrogen-bond acceptors (Lipinski definition) is 2. The summed E-state index contributed by atoms with van der Waals surface area (Å²) in [4.78, 5) is 2.25. The summed E-state index contributed by atoms with van der Waals surface area (Å²) in [5, 5.41) is 4.99. The smallest absolute Gasteiger partial charge is 0.0730 e. The number of benzene rings is 2. The molecule has 1 aliphatic heterocycles. The second-order valence-electron chi connectivity index (χ2n) is 6.56. The molecule has 23 heavy (non-hydrogen) atoms. The van der Waals surface area contributed by atoms with Crippen LogP contribution in [0.3, 0.4) is 0 Å². The Hall–Kier alpha value is -2.26. The van der Waals surface area contributed by atoms with Gasteiger partial charge in [-0.25, -0.2) is 0 Å². The van der Waals surface area contributed by atoms with Crippen LogP contribution in [0.2, 0.25) is 0 Å². The summed E-state index contributed by atoms with van der Waals surface area (Å²) in [6, 6.07) is 17.5. The molecule has 0 spiro atoms. The van der Waals surface area contributed by atoms with Gasteiger partial charge in [-0.3, -0.25) is 0 Å². The number of anilines is 1. The molecule has 0 atom stereocenters. The Labute approximate surface area is 137 Å². The minimum absolute atomic E-state index is 0.912. The fourth-order valence-electron chi connectivity index (χ4n) is 3.63. The van der Waals surface area contributed by atoms with Crippen molar-refractivity contribution in [1.29, 1.82) is 0 Å². The maximum atomic E-state index is 3.65. The van der Waals surface area contributed by atoms with Gasteiger partial charge in [0.25, 0.3) is 0 Å². The van der Waals surface area contributed by atoms with Crippen molar-refractivity contribution in [1.82, 2.24) is 9.47 Å². The lowest BCUT2D eigenvalue weighted by molar-refractivity contribution is 0.388. The highest BCUT2D eigenvalue weighted by Gasteiger charge is 2.23. The Morgan fingerprint density at radius 2 is 1.83 bits per heavy atom. The molecule has 118 valence electrons. The Bertz CT molecular complexity index is 845. The van der Waals surface area contributed by atoms with E-state index in [0.29, 0.717) is 0 Å². The second-order valence-corrected chi connectivity index (χ2v) is 6.56. The molecule has 4 rings (SSSR count). The van der Waals surface area contributed by atoms with Crippen molar-refractivity contribution < 1.29 is 0 Å². The second kappa shape index (κ2) is 5.74. The first-order valence-electron chi connectivity index (χ1n) is 8.34. The third-order valence-corrected chi connectivity index (χ3v) is 4.69. The zero-order valence-corrected chi connectivity index (χ0v) is 13.8. The predicted molar refractivity (Wildman–Crippen MR) is 97.9 cm³/mol. The van der Waals surface area contributed by atoms with E-state index in [-0.39, 0.29) is 0 Å². The van der Waals surface area contributed by atoms with E-state index < -0.39 is 0 Å². The molecule has 0 amide bonds. The fraction of sp³-hybridized carbons (Fsp3) is 0.300. The quantitative estimate of drug-likeness (QED) is 0.780. The lowest BCUT2D eigenvalue weighted by Gasteiger charge is -2.21. The number of para-hydroxylation sites is 1. The Balaban J connectivity index is 1.88. The van der Waals surface area contributed by atoms with Gasteiger partial charge in [-0.1, -0.05) is 42.5 Å². The average molecular weight is 305 g/mol. The van der Waals surface area contributed by atoms with Crippen LogP contribution in [0.15, 0.2) is 48.5 Å². The van der Waals surface area contributed by atoms with E-state index in [9.17, 15) is 0 Å². The van der Waals surface area contributed by atoms with Crippen LogP contribution in [0.4, 0.5) is 5.69 Å². The topological polar surface area (TPSA) is 20.2 Å². The molecule has 0 bridgehead atoms. The maximum absolute atomic E-state index is 3.65. The van der Waals surface area contributed by atoms with Gasteiger partial charge in [-0.2, -0.15) is 0 Å². The van der Waals surface area contributed by atoms with Crippen molar-refractivity contribution in [3.63, 3.8) is 0 Å². The van der Waals surface area contributed by atoms with Gasteiger partial charge in [0.1, 0.15) is 0 Å². The molecular weight excluding hydrogens is 282 g/mol. The van der Waals surface area contributed by atoms with E-state index in [1.807, 2.05) is 0 Å². The summed E-state index contributed by atoms with van der Waals surface area (Å²) < 4.78 is 2.50.